The van der Waals surface area contributed by atoms with Crippen LogP contribution in [0.5, 0.6) is 17.4 Å². The second kappa shape index (κ2) is 10.2. The molecule has 0 spiro atoms. The molecule has 1 heterocycles. The van der Waals surface area contributed by atoms with E-state index >= 15 is 0 Å². The summed E-state index contributed by atoms with van der Waals surface area (Å²) in [6.45, 7) is 4.33. The Labute approximate surface area is 190 Å². The van der Waals surface area contributed by atoms with Crippen LogP contribution in [-0.4, -0.2) is 46.1 Å². The zero-order valence-electron chi connectivity index (χ0n) is 19.2. The fourth-order valence-corrected chi connectivity index (χ4v) is 3.95. The number of benzene rings is 2. The monoisotopic (exact) mass is 435 g/mol. The van der Waals surface area contributed by atoms with Gasteiger partial charge in [0.05, 0.1) is 18.8 Å². The summed E-state index contributed by atoms with van der Waals surface area (Å²) in [6, 6.07) is 17.8. The molecule has 0 saturated heterocycles. The second-order valence-electron chi connectivity index (χ2n) is 8.60. The van der Waals surface area contributed by atoms with E-state index in [2.05, 4.69) is 17.0 Å². The maximum atomic E-state index is 10.4. The van der Waals surface area contributed by atoms with Crippen molar-refractivity contribution in [2.75, 3.05) is 20.2 Å². The van der Waals surface area contributed by atoms with E-state index in [4.69, 9.17) is 14.6 Å². The number of methoxy groups -OCH3 is 1. The van der Waals surface area contributed by atoms with Gasteiger partial charge in [0.25, 0.3) is 0 Å². The van der Waals surface area contributed by atoms with Gasteiger partial charge in [0, 0.05) is 38.3 Å². The first kappa shape index (κ1) is 22.4. The van der Waals surface area contributed by atoms with Gasteiger partial charge in [0.2, 0.25) is 5.88 Å². The maximum Gasteiger partial charge on any atom is 0.222 e. The SMILES string of the molecule is CC[C@@H](O)CN(Cc1c(-c2ccccc2)nn(C)c1Oc1cccc(OC)c1)CC1CC1. The van der Waals surface area contributed by atoms with Gasteiger partial charge in [-0.1, -0.05) is 43.3 Å². The van der Waals surface area contributed by atoms with Gasteiger partial charge in [-0.15, -0.1) is 0 Å². The van der Waals surface area contributed by atoms with E-state index in [1.54, 1.807) is 7.11 Å². The van der Waals surface area contributed by atoms with Crippen LogP contribution in [0.2, 0.25) is 0 Å². The molecule has 1 fully saturated rings. The first-order chi connectivity index (χ1) is 15.6. The third kappa shape index (κ3) is 5.50. The Morgan fingerprint density at radius 1 is 1.12 bits per heavy atom. The van der Waals surface area contributed by atoms with Gasteiger partial charge in [-0.05, 0) is 37.3 Å². The standard InChI is InChI=1S/C26H33N3O3/c1-4-21(30)17-29(16-19-13-14-19)18-24-25(20-9-6-5-7-10-20)27-28(2)26(24)32-23-12-8-11-22(15-23)31-3/h5-12,15,19,21,30H,4,13-14,16-18H2,1-3H3/t21-/m1/s1. The normalized spacial score (nSPS) is 14.5. The summed E-state index contributed by atoms with van der Waals surface area (Å²) >= 11 is 0. The summed E-state index contributed by atoms with van der Waals surface area (Å²) in [5.74, 6) is 2.88. The van der Waals surface area contributed by atoms with E-state index in [1.807, 2.05) is 61.1 Å². The molecular formula is C26H33N3O3. The molecule has 0 aliphatic heterocycles. The molecule has 6 nitrogen and oxygen atoms in total. The number of aryl methyl sites for hydroxylation is 1. The smallest absolute Gasteiger partial charge is 0.222 e. The highest BCUT2D eigenvalue weighted by Crippen LogP contribution is 2.36. The Hall–Kier alpha value is -2.83. The molecule has 0 unspecified atom stereocenters. The van der Waals surface area contributed by atoms with Crippen LogP contribution in [0.4, 0.5) is 0 Å². The topological polar surface area (TPSA) is 59.8 Å². The molecule has 3 aromatic rings. The fourth-order valence-electron chi connectivity index (χ4n) is 3.95. The zero-order chi connectivity index (χ0) is 22.5. The van der Waals surface area contributed by atoms with E-state index < -0.39 is 0 Å². The number of aromatic nitrogens is 2. The Balaban J connectivity index is 1.71. The van der Waals surface area contributed by atoms with Crippen molar-refractivity contribution in [1.82, 2.24) is 14.7 Å². The van der Waals surface area contributed by atoms with E-state index in [0.29, 0.717) is 24.7 Å². The summed E-state index contributed by atoms with van der Waals surface area (Å²) < 4.78 is 13.5. The van der Waals surface area contributed by atoms with Crippen LogP contribution in [0, 0.1) is 5.92 Å². The molecule has 32 heavy (non-hydrogen) atoms. The Morgan fingerprint density at radius 2 is 1.88 bits per heavy atom. The van der Waals surface area contributed by atoms with Crippen molar-refractivity contribution < 1.29 is 14.6 Å². The highest BCUT2D eigenvalue weighted by atomic mass is 16.5. The molecule has 0 radical (unpaired) electrons. The van der Waals surface area contributed by atoms with Gasteiger partial charge >= 0.3 is 0 Å². The summed E-state index contributed by atoms with van der Waals surface area (Å²) in [7, 11) is 3.56. The highest BCUT2D eigenvalue weighted by Gasteiger charge is 2.28. The molecule has 2 aromatic carbocycles. The molecule has 0 amide bonds. The third-order valence-corrected chi connectivity index (χ3v) is 5.93. The van der Waals surface area contributed by atoms with Gasteiger partial charge in [-0.3, -0.25) is 4.90 Å². The third-order valence-electron chi connectivity index (χ3n) is 5.93. The predicted octanol–water partition coefficient (Wildman–Crippen LogP) is 4.87. The molecule has 6 heteroatoms. The first-order valence-corrected chi connectivity index (χ1v) is 11.4. The van der Waals surface area contributed by atoms with Gasteiger partial charge < -0.3 is 14.6 Å². The number of nitrogens with zero attached hydrogens (tertiary/aromatic N) is 3. The van der Waals surface area contributed by atoms with Crippen LogP contribution in [0.25, 0.3) is 11.3 Å². The predicted molar refractivity (Wildman–Crippen MR) is 126 cm³/mol. The van der Waals surface area contributed by atoms with Crippen LogP contribution >= 0.6 is 0 Å². The molecule has 170 valence electrons. The quantitative estimate of drug-likeness (QED) is 0.466. The maximum absolute atomic E-state index is 10.4. The van der Waals surface area contributed by atoms with Crippen molar-refractivity contribution in [3.63, 3.8) is 0 Å². The van der Waals surface area contributed by atoms with E-state index in [0.717, 1.165) is 41.5 Å². The van der Waals surface area contributed by atoms with E-state index in [9.17, 15) is 5.11 Å². The van der Waals surface area contributed by atoms with Crippen LogP contribution in [0.1, 0.15) is 31.7 Å². The zero-order valence-corrected chi connectivity index (χ0v) is 19.2. The van der Waals surface area contributed by atoms with Crippen molar-refractivity contribution in [2.45, 2.75) is 38.8 Å². The van der Waals surface area contributed by atoms with Gasteiger partial charge in [-0.25, -0.2) is 4.68 Å². The largest absolute Gasteiger partial charge is 0.497 e. The summed E-state index contributed by atoms with van der Waals surface area (Å²) in [6.07, 6.45) is 2.94. The van der Waals surface area contributed by atoms with E-state index in [-0.39, 0.29) is 6.10 Å². The lowest BCUT2D eigenvalue weighted by atomic mass is 10.1. The average molecular weight is 436 g/mol. The second-order valence-corrected chi connectivity index (χ2v) is 8.60. The number of hydrogen-bond acceptors (Lipinski definition) is 5. The van der Waals surface area contributed by atoms with Crippen molar-refractivity contribution >= 4 is 0 Å². The highest BCUT2D eigenvalue weighted by molar-refractivity contribution is 5.65. The van der Waals surface area contributed by atoms with Crippen molar-refractivity contribution in [3.05, 3.63) is 60.2 Å². The van der Waals surface area contributed by atoms with Crippen LogP contribution < -0.4 is 9.47 Å². The molecular weight excluding hydrogens is 402 g/mol. The lowest BCUT2D eigenvalue weighted by molar-refractivity contribution is 0.102. The lowest BCUT2D eigenvalue weighted by Crippen LogP contribution is -2.33. The molecule has 1 N–H and O–H groups in total. The molecule has 1 aliphatic carbocycles. The number of hydrogen-bond donors (Lipinski definition) is 1. The molecule has 1 aromatic heterocycles. The van der Waals surface area contributed by atoms with E-state index in [1.165, 1.54) is 12.8 Å². The minimum atomic E-state index is -0.339. The Bertz CT molecular complexity index is 1010. The fraction of sp³-hybridized carbons (Fsp3) is 0.423. The molecule has 1 aliphatic rings. The number of rotatable bonds is 11. The van der Waals surface area contributed by atoms with Crippen LogP contribution in [0.3, 0.4) is 0 Å². The number of aliphatic hydroxyl groups excluding tert-OH is 1. The minimum absolute atomic E-state index is 0.339. The van der Waals surface area contributed by atoms with Gasteiger partial charge in [0.15, 0.2) is 0 Å². The van der Waals surface area contributed by atoms with Crippen molar-refractivity contribution in [3.8, 4) is 28.6 Å². The van der Waals surface area contributed by atoms with Crippen LogP contribution in [0.15, 0.2) is 54.6 Å². The van der Waals surface area contributed by atoms with Gasteiger partial charge in [0.1, 0.15) is 17.2 Å². The molecule has 0 bridgehead atoms. The molecule has 4 rings (SSSR count). The minimum Gasteiger partial charge on any atom is -0.497 e. The van der Waals surface area contributed by atoms with Crippen LogP contribution in [-0.2, 0) is 13.6 Å². The Kier molecular flexibility index (Phi) is 7.12. The average Bonchev–Trinajstić information content (AvgIpc) is 3.59. The van der Waals surface area contributed by atoms with Crippen molar-refractivity contribution in [2.24, 2.45) is 13.0 Å². The Morgan fingerprint density at radius 3 is 2.56 bits per heavy atom. The molecule has 1 saturated carbocycles. The van der Waals surface area contributed by atoms with Crippen molar-refractivity contribution in [1.29, 1.82) is 0 Å². The first-order valence-electron chi connectivity index (χ1n) is 11.4. The lowest BCUT2D eigenvalue weighted by Gasteiger charge is -2.25. The summed E-state index contributed by atoms with van der Waals surface area (Å²) in [5.41, 5.74) is 3.00. The van der Waals surface area contributed by atoms with Gasteiger partial charge in [-0.2, -0.15) is 5.10 Å². The summed E-state index contributed by atoms with van der Waals surface area (Å²) in [5, 5.41) is 15.2. The molecule has 1 atom stereocenters. The summed E-state index contributed by atoms with van der Waals surface area (Å²) in [4.78, 5) is 2.35. The number of ether oxygens (including phenoxy) is 2. The number of aliphatic hydroxyl groups is 1.